The molecule has 0 N–H and O–H groups in total. The Balaban J connectivity index is 1.59. The summed E-state index contributed by atoms with van der Waals surface area (Å²) in [5, 5.41) is 4.46. The quantitative estimate of drug-likeness (QED) is 0.663. The third kappa shape index (κ3) is 4.06. The van der Waals surface area contributed by atoms with Crippen molar-refractivity contribution in [2.24, 2.45) is 7.05 Å². The second-order valence-corrected chi connectivity index (χ2v) is 7.62. The summed E-state index contributed by atoms with van der Waals surface area (Å²) in [7, 11) is 1.72. The van der Waals surface area contributed by atoms with Crippen LogP contribution in [0.4, 0.5) is 4.39 Å². The van der Waals surface area contributed by atoms with Crippen molar-refractivity contribution < 1.29 is 9.18 Å². The van der Waals surface area contributed by atoms with E-state index in [1.165, 1.54) is 40.3 Å². The molecule has 8 heteroatoms. The molecule has 1 saturated carbocycles. The van der Waals surface area contributed by atoms with E-state index in [0.29, 0.717) is 17.6 Å². The molecule has 4 rings (SSSR count). The average Bonchev–Trinajstić information content (AvgIpc) is 3.11. The minimum atomic E-state index is -0.299. The van der Waals surface area contributed by atoms with Crippen LogP contribution in [0.25, 0.3) is 11.0 Å². The zero-order chi connectivity index (χ0) is 20.4. The average molecular weight is 397 g/mol. The number of aryl methyl sites for hydroxylation is 1. The summed E-state index contributed by atoms with van der Waals surface area (Å²) in [6.07, 6.45) is 8.12. The molecule has 1 aliphatic rings. The highest BCUT2D eigenvalue weighted by molar-refractivity contribution is 5.77. The normalized spacial score (nSPS) is 15.0. The maximum atomic E-state index is 13.3. The van der Waals surface area contributed by atoms with E-state index in [2.05, 4.69) is 10.1 Å². The van der Waals surface area contributed by atoms with Crippen LogP contribution in [0.5, 0.6) is 0 Å². The molecule has 1 amide bonds. The van der Waals surface area contributed by atoms with E-state index in [1.807, 2.05) is 4.90 Å². The van der Waals surface area contributed by atoms with Crippen LogP contribution in [0.15, 0.2) is 41.6 Å². The number of rotatable bonds is 5. The van der Waals surface area contributed by atoms with Crippen molar-refractivity contribution in [3.63, 3.8) is 0 Å². The Morgan fingerprint density at radius 3 is 2.66 bits per heavy atom. The van der Waals surface area contributed by atoms with Crippen LogP contribution in [0.1, 0.15) is 37.7 Å². The Bertz CT molecular complexity index is 1070. The SMILES string of the molecule is Cn1ncc2c(=O)n(CC(=O)N(Cc3ccc(F)cc3)C3CCCCC3)cnc21. The topological polar surface area (TPSA) is 73.0 Å². The number of aromatic nitrogens is 4. The molecule has 1 fully saturated rings. The number of hydrogen-bond acceptors (Lipinski definition) is 4. The Kier molecular flexibility index (Phi) is 5.42. The molecule has 0 unspecified atom stereocenters. The highest BCUT2D eigenvalue weighted by Crippen LogP contribution is 2.24. The van der Waals surface area contributed by atoms with Crippen molar-refractivity contribution >= 4 is 16.9 Å². The maximum absolute atomic E-state index is 13.3. The number of carbonyl (C=O) groups excluding carboxylic acids is 1. The highest BCUT2D eigenvalue weighted by Gasteiger charge is 2.26. The van der Waals surface area contributed by atoms with Crippen LogP contribution in [0.3, 0.4) is 0 Å². The Hall–Kier alpha value is -3.03. The first-order valence-electron chi connectivity index (χ1n) is 9.94. The van der Waals surface area contributed by atoms with E-state index in [1.54, 1.807) is 19.2 Å². The minimum absolute atomic E-state index is 0.0750. The summed E-state index contributed by atoms with van der Waals surface area (Å²) in [4.78, 5) is 32.1. The van der Waals surface area contributed by atoms with Gasteiger partial charge in [-0.25, -0.2) is 9.37 Å². The lowest BCUT2D eigenvalue weighted by Crippen LogP contribution is -2.43. The summed E-state index contributed by atoms with van der Waals surface area (Å²) in [5.74, 6) is -0.431. The van der Waals surface area contributed by atoms with E-state index in [9.17, 15) is 14.0 Å². The summed E-state index contributed by atoms with van der Waals surface area (Å²) >= 11 is 0. The van der Waals surface area contributed by atoms with Gasteiger partial charge in [-0.15, -0.1) is 0 Å². The predicted octanol–water partition coefficient (Wildman–Crippen LogP) is 2.63. The lowest BCUT2D eigenvalue weighted by atomic mass is 9.93. The molecular formula is C21H24FN5O2. The van der Waals surface area contributed by atoms with Crippen LogP contribution >= 0.6 is 0 Å². The van der Waals surface area contributed by atoms with Gasteiger partial charge in [-0.1, -0.05) is 31.4 Å². The van der Waals surface area contributed by atoms with E-state index in [4.69, 9.17) is 0 Å². The molecule has 7 nitrogen and oxygen atoms in total. The Morgan fingerprint density at radius 1 is 1.21 bits per heavy atom. The zero-order valence-corrected chi connectivity index (χ0v) is 16.4. The molecule has 0 spiro atoms. The van der Waals surface area contributed by atoms with Gasteiger partial charge in [-0.05, 0) is 30.5 Å². The summed E-state index contributed by atoms with van der Waals surface area (Å²) in [6.45, 7) is 0.329. The lowest BCUT2D eigenvalue weighted by molar-refractivity contribution is -0.135. The predicted molar refractivity (Wildman–Crippen MR) is 107 cm³/mol. The molecular weight excluding hydrogens is 373 g/mol. The maximum Gasteiger partial charge on any atom is 0.264 e. The van der Waals surface area contributed by atoms with Gasteiger partial charge in [0.2, 0.25) is 5.91 Å². The Labute approximate surface area is 167 Å². The van der Waals surface area contributed by atoms with Crippen molar-refractivity contribution in [1.29, 1.82) is 0 Å². The molecule has 29 heavy (non-hydrogen) atoms. The number of halogens is 1. The number of fused-ring (bicyclic) bond motifs is 1. The molecule has 0 saturated heterocycles. The fraction of sp³-hybridized carbons (Fsp3) is 0.429. The molecule has 0 radical (unpaired) electrons. The van der Waals surface area contributed by atoms with E-state index < -0.39 is 0 Å². The number of carbonyl (C=O) groups is 1. The van der Waals surface area contributed by atoms with Gasteiger partial charge < -0.3 is 4.90 Å². The van der Waals surface area contributed by atoms with E-state index >= 15 is 0 Å². The van der Waals surface area contributed by atoms with E-state index in [-0.39, 0.29) is 29.9 Å². The summed E-state index contributed by atoms with van der Waals surface area (Å²) in [6, 6.07) is 6.35. The fourth-order valence-electron chi connectivity index (χ4n) is 4.02. The molecule has 3 aromatic rings. The van der Waals surface area contributed by atoms with Gasteiger partial charge in [0.25, 0.3) is 5.56 Å². The second kappa shape index (κ2) is 8.14. The van der Waals surface area contributed by atoms with Crippen LogP contribution < -0.4 is 5.56 Å². The van der Waals surface area contributed by atoms with Crippen LogP contribution in [0, 0.1) is 5.82 Å². The third-order valence-electron chi connectivity index (χ3n) is 5.63. The zero-order valence-electron chi connectivity index (χ0n) is 16.4. The van der Waals surface area contributed by atoms with E-state index in [0.717, 1.165) is 31.2 Å². The first kappa shape index (κ1) is 19.3. The second-order valence-electron chi connectivity index (χ2n) is 7.62. The van der Waals surface area contributed by atoms with Gasteiger partial charge >= 0.3 is 0 Å². The number of hydrogen-bond donors (Lipinski definition) is 0. The van der Waals surface area contributed by atoms with Crippen molar-refractivity contribution in [2.75, 3.05) is 0 Å². The number of amides is 1. The molecule has 0 atom stereocenters. The van der Waals surface area contributed by atoms with Gasteiger partial charge in [0.05, 0.1) is 6.20 Å². The molecule has 2 heterocycles. The van der Waals surface area contributed by atoms with Crippen molar-refractivity contribution in [1.82, 2.24) is 24.2 Å². The van der Waals surface area contributed by atoms with Crippen molar-refractivity contribution in [2.45, 2.75) is 51.2 Å². The molecule has 0 bridgehead atoms. The highest BCUT2D eigenvalue weighted by atomic mass is 19.1. The van der Waals surface area contributed by atoms with Gasteiger partial charge in [-0.2, -0.15) is 5.10 Å². The summed E-state index contributed by atoms with van der Waals surface area (Å²) in [5.41, 5.74) is 1.09. The largest absolute Gasteiger partial charge is 0.334 e. The minimum Gasteiger partial charge on any atom is -0.334 e. The lowest BCUT2D eigenvalue weighted by Gasteiger charge is -2.34. The summed E-state index contributed by atoms with van der Waals surface area (Å²) < 4.78 is 16.1. The number of benzene rings is 1. The number of nitrogens with zero attached hydrogens (tertiary/aromatic N) is 5. The first-order valence-corrected chi connectivity index (χ1v) is 9.94. The third-order valence-corrected chi connectivity index (χ3v) is 5.63. The smallest absolute Gasteiger partial charge is 0.264 e. The van der Waals surface area contributed by atoms with Gasteiger partial charge in [0.1, 0.15) is 24.1 Å². The fourth-order valence-corrected chi connectivity index (χ4v) is 4.02. The van der Waals surface area contributed by atoms with Gasteiger partial charge in [0, 0.05) is 19.6 Å². The van der Waals surface area contributed by atoms with Crippen molar-refractivity contribution in [3.05, 3.63) is 58.5 Å². The van der Waals surface area contributed by atoms with Crippen LogP contribution in [0.2, 0.25) is 0 Å². The van der Waals surface area contributed by atoms with Crippen molar-refractivity contribution in [3.8, 4) is 0 Å². The molecule has 1 aromatic carbocycles. The first-order chi connectivity index (χ1) is 14.0. The molecule has 2 aromatic heterocycles. The standard InChI is InChI=1S/C21H24FN5O2/c1-25-20-18(11-24-25)21(29)26(14-23-20)13-19(28)27(17-5-3-2-4-6-17)12-15-7-9-16(22)10-8-15/h7-11,14,17H,2-6,12-13H2,1H3. The molecule has 152 valence electrons. The van der Waals surface area contributed by atoms with Crippen LogP contribution in [-0.4, -0.2) is 36.2 Å². The molecule has 0 aliphatic heterocycles. The monoisotopic (exact) mass is 397 g/mol. The molecule has 1 aliphatic carbocycles. The Morgan fingerprint density at radius 2 is 1.93 bits per heavy atom. The van der Waals surface area contributed by atoms with Gasteiger partial charge in [-0.3, -0.25) is 18.8 Å². The van der Waals surface area contributed by atoms with Gasteiger partial charge in [0.15, 0.2) is 5.65 Å². The van der Waals surface area contributed by atoms with Crippen LogP contribution in [-0.2, 0) is 24.9 Å².